The maximum Gasteiger partial charge on any atom is 0.202 e. The number of hydrogen-bond donors (Lipinski definition) is 1. The molecule has 5 heteroatoms. The van der Waals surface area contributed by atoms with E-state index in [1.165, 1.54) is 56.9 Å². The average molecular weight is 254 g/mol. The summed E-state index contributed by atoms with van der Waals surface area (Å²) in [6, 6.07) is 0. The van der Waals surface area contributed by atoms with Gasteiger partial charge in [-0.25, -0.2) is 4.98 Å². The lowest BCUT2D eigenvalue weighted by Gasteiger charge is -2.26. The van der Waals surface area contributed by atoms with E-state index in [0.717, 1.165) is 23.9 Å². The Morgan fingerprint density at radius 3 is 2.82 bits per heavy atom. The van der Waals surface area contributed by atoms with E-state index >= 15 is 0 Å². The lowest BCUT2D eigenvalue weighted by atomic mass is 10.1. The van der Waals surface area contributed by atoms with Gasteiger partial charge in [-0.2, -0.15) is 4.37 Å². The largest absolute Gasteiger partial charge is 0.360 e. The second-order valence-corrected chi connectivity index (χ2v) is 5.30. The van der Waals surface area contributed by atoms with Crippen LogP contribution < -0.4 is 5.32 Å². The van der Waals surface area contributed by atoms with Crippen molar-refractivity contribution in [3.8, 4) is 0 Å². The molecule has 0 bridgehead atoms. The Balaban J connectivity index is 1.59. The molecule has 1 aliphatic heterocycles. The first kappa shape index (κ1) is 12.8. The van der Waals surface area contributed by atoms with E-state index in [9.17, 15) is 0 Å². The van der Waals surface area contributed by atoms with Crippen molar-refractivity contribution in [2.45, 2.75) is 39.0 Å². The van der Waals surface area contributed by atoms with Crippen LogP contribution in [0.1, 0.15) is 38.4 Å². The molecule has 0 amide bonds. The fourth-order valence-electron chi connectivity index (χ4n) is 2.15. The Morgan fingerprint density at radius 1 is 1.29 bits per heavy atom. The van der Waals surface area contributed by atoms with E-state index in [2.05, 4.69) is 26.5 Å². The summed E-state index contributed by atoms with van der Waals surface area (Å²) in [5, 5.41) is 4.33. The molecule has 1 aliphatic rings. The molecule has 1 fully saturated rings. The second kappa shape index (κ2) is 6.91. The van der Waals surface area contributed by atoms with E-state index in [1.807, 2.05) is 0 Å². The summed E-state index contributed by atoms with van der Waals surface area (Å²) >= 11 is 1.47. The molecule has 0 aromatic carbocycles. The van der Waals surface area contributed by atoms with Gasteiger partial charge >= 0.3 is 0 Å². The highest BCUT2D eigenvalue weighted by atomic mass is 32.1. The standard InChI is InChI=1S/C12H22N4S/c1-2-11-14-12(17-15-11)13-7-6-10-16-8-4-3-5-9-16/h2-10H2,1H3,(H,13,14,15). The van der Waals surface area contributed by atoms with Crippen LogP contribution in [0.4, 0.5) is 5.13 Å². The molecule has 1 saturated heterocycles. The van der Waals surface area contributed by atoms with Gasteiger partial charge in [0.15, 0.2) is 0 Å². The molecule has 0 aliphatic carbocycles. The predicted octanol–water partition coefficient (Wildman–Crippen LogP) is 2.39. The minimum Gasteiger partial charge on any atom is -0.360 e. The highest BCUT2D eigenvalue weighted by Gasteiger charge is 2.09. The smallest absolute Gasteiger partial charge is 0.202 e. The Bertz CT molecular complexity index is 320. The van der Waals surface area contributed by atoms with Gasteiger partial charge in [-0.3, -0.25) is 0 Å². The topological polar surface area (TPSA) is 41.1 Å². The Hall–Kier alpha value is -0.680. The van der Waals surface area contributed by atoms with Crippen molar-refractivity contribution < 1.29 is 0 Å². The third-order valence-corrected chi connectivity index (χ3v) is 3.87. The molecule has 1 N–H and O–H groups in total. The van der Waals surface area contributed by atoms with Crippen LogP contribution >= 0.6 is 11.5 Å². The van der Waals surface area contributed by atoms with Gasteiger partial charge in [-0.15, -0.1) is 0 Å². The number of nitrogens with one attached hydrogen (secondary N) is 1. The van der Waals surface area contributed by atoms with Gasteiger partial charge in [-0.05, 0) is 38.9 Å². The number of nitrogens with zero attached hydrogens (tertiary/aromatic N) is 3. The number of piperidine rings is 1. The first-order valence-corrected chi connectivity index (χ1v) is 7.44. The monoisotopic (exact) mass is 254 g/mol. The second-order valence-electron chi connectivity index (χ2n) is 4.55. The van der Waals surface area contributed by atoms with Crippen molar-refractivity contribution in [1.82, 2.24) is 14.3 Å². The van der Waals surface area contributed by atoms with Crippen molar-refractivity contribution in [3.05, 3.63) is 5.82 Å². The molecule has 0 unspecified atom stereocenters. The summed E-state index contributed by atoms with van der Waals surface area (Å²) in [5.74, 6) is 0.952. The van der Waals surface area contributed by atoms with Crippen LogP contribution in [0.25, 0.3) is 0 Å². The molecule has 17 heavy (non-hydrogen) atoms. The zero-order chi connectivity index (χ0) is 11.9. The highest BCUT2D eigenvalue weighted by Crippen LogP contribution is 2.12. The Labute approximate surface area is 108 Å². The lowest BCUT2D eigenvalue weighted by Crippen LogP contribution is -2.31. The van der Waals surface area contributed by atoms with Crippen LogP contribution in [-0.2, 0) is 6.42 Å². The number of aromatic nitrogens is 2. The maximum absolute atomic E-state index is 4.40. The normalized spacial score (nSPS) is 17.2. The molecule has 4 nitrogen and oxygen atoms in total. The van der Waals surface area contributed by atoms with Crippen LogP contribution in [0.2, 0.25) is 0 Å². The fourth-order valence-corrected chi connectivity index (χ4v) is 2.82. The molecular formula is C12H22N4S. The third kappa shape index (κ3) is 4.24. The molecule has 0 spiro atoms. The number of likely N-dealkylation sites (tertiary alicyclic amines) is 1. The Morgan fingerprint density at radius 2 is 2.12 bits per heavy atom. The molecule has 0 saturated carbocycles. The summed E-state index contributed by atoms with van der Waals surface area (Å²) in [6.45, 7) is 6.89. The average Bonchev–Trinajstić information content (AvgIpc) is 2.84. The van der Waals surface area contributed by atoms with E-state index in [1.54, 1.807) is 0 Å². The van der Waals surface area contributed by atoms with E-state index < -0.39 is 0 Å². The number of aryl methyl sites for hydroxylation is 1. The number of anilines is 1. The summed E-state index contributed by atoms with van der Waals surface area (Å²) < 4.78 is 4.26. The van der Waals surface area contributed by atoms with Gasteiger partial charge in [0.1, 0.15) is 5.82 Å². The van der Waals surface area contributed by atoms with Gasteiger partial charge < -0.3 is 10.2 Å². The molecular weight excluding hydrogens is 232 g/mol. The van der Waals surface area contributed by atoms with Crippen molar-refractivity contribution in [2.24, 2.45) is 0 Å². The minimum atomic E-state index is 0.923. The van der Waals surface area contributed by atoms with Crippen molar-refractivity contribution >= 4 is 16.7 Å². The number of rotatable bonds is 6. The molecule has 0 atom stereocenters. The fraction of sp³-hybridized carbons (Fsp3) is 0.833. The van der Waals surface area contributed by atoms with Crippen LogP contribution in [0.5, 0.6) is 0 Å². The van der Waals surface area contributed by atoms with Crippen LogP contribution in [0.3, 0.4) is 0 Å². The van der Waals surface area contributed by atoms with E-state index in [0.29, 0.717) is 0 Å². The highest BCUT2D eigenvalue weighted by molar-refractivity contribution is 7.09. The van der Waals surface area contributed by atoms with Crippen molar-refractivity contribution in [3.63, 3.8) is 0 Å². The van der Waals surface area contributed by atoms with Gasteiger partial charge in [0.25, 0.3) is 0 Å². The van der Waals surface area contributed by atoms with Crippen LogP contribution in [0, 0.1) is 0 Å². The molecule has 2 heterocycles. The first-order chi connectivity index (χ1) is 8.38. The third-order valence-electron chi connectivity index (χ3n) is 3.16. The molecule has 96 valence electrons. The molecule has 1 aromatic rings. The van der Waals surface area contributed by atoms with Gasteiger partial charge in [0, 0.05) is 24.5 Å². The van der Waals surface area contributed by atoms with E-state index in [-0.39, 0.29) is 0 Å². The van der Waals surface area contributed by atoms with Gasteiger partial charge in [0.2, 0.25) is 5.13 Å². The lowest BCUT2D eigenvalue weighted by molar-refractivity contribution is 0.228. The summed E-state index contributed by atoms with van der Waals surface area (Å²) in [5.41, 5.74) is 0. The first-order valence-electron chi connectivity index (χ1n) is 6.67. The van der Waals surface area contributed by atoms with Crippen molar-refractivity contribution in [2.75, 3.05) is 31.5 Å². The zero-order valence-corrected chi connectivity index (χ0v) is 11.4. The summed E-state index contributed by atoms with van der Waals surface area (Å²) in [4.78, 5) is 6.97. The van der Waals surface area contributed by atoms with Crippen LogP contribution in [0.15, 0.2) is 0 Å². The minimum absolute atomic E-state index is 0.923. The van der Waals surface area contributed by atoms with Crippen molar-refractivity contribution in [1.29, 1.82) is 0 Å². The predicted molar refractivity (Wildman–Crippen MR) is 72.7 cm³/mol. The van der Waals surface area contributed by atoms with Crippen LogP contribution in [-0.4, -0.2) is 40.4 Å². The molecule has 1 aromatic heterocycles. The molecule has 2 rings (SSSR count). The van der Waals surface area contributed by atoms with E-state index in [4.69, 9.17) is 0 Å². The van der Waals surface area contributed by atoms with Gasteiger partial charge in [0.05, 0.1) is 0 Å². The number of hydrogen-bond acceptors (Lipinski definition) is 5. The SMILES string of the molecule is CCc1nsc(NCCCN2CCCCC2)n1. The summed E-state index contributed by atoms with van der Waals surface area (Å²) in [6.07, 6.45) is 6.29. The summed E-state index contributed by atoms with van der Waals surface area (Å²) in [7, 11) is 0. The Kier molecular flexibility index (Phi) is 5.19. The maximum atomic E-state index is 4.40. The quantitative estimate of drug-likeness (QED) is 0.791. The van der Waals surface area contributed by atoms with Gasteiger partial charge in [-0.1, -0.05) is 13.3 Å². The zero-order valence-electron chi connectivity index (χ0n) is 10.6. The molecule has 0 radical (unpaired) electrons.